The van der Waals surface area contributed by atoms with Crippen molar-refractivity contribution in [3.05, 3.63) is 0 Å². The first-order valence-corrected chi connectivity index (χ1v) is 10.6. The van der Waals surface area contributed by atoms with E-state index in [1.54, 1.807) is 13.8 Å². The van der Waals surface area contributed by atoms with Gasteiger partial charge >= 0.3 is 5.97 Å². The van der Waals surface area contributed by atoms with Crippen molar-refractivity contribution in [1.82, 2.24) is 10.4 Å². The second-order valence-electron chi connectivity index (χ2n) is 8.86. The number of ether oxygens (including phenoxy) is 2. The molecule has 1 aliphatic heterocycles. The Labute approximate surface area is 188 Å². The van der Waals surface area contributed by atoms with Crippen LogP contribution in [-0.4, -0.2) is 65.6 Å². The second-order valence-corrected chi connectivity index (χ2v) is 8.86. The summed E-state index contributed by atoms with van der Waals surface area (Å²) in [6.45, 7) is 11.1. The summed E-state index contributed by atoms with van der Waals surface area (Å²) in [5.74, 6) is -2.01. The highest BCUT2D eigenvalue weighted by Crippen LogP contribution is 2.21. The number of hydrogen-bond donors (Lipinski definition) is 1. The van der Waals surface area contributed by atoms with Crippen LogP contribution in [0.15, 0.2) is 5.16 Å². The molecule has 1 aliphatic rings. The molecular formula is C21H35N3O8. The van der Waals surface area contributed by atoms with Crippen molar-refractivity contribution in [1.29, 1.82) is 0 Å². The van der Waals surface area contributed by atoms with Gasteiger partial charge in [-0.05, 0) is 54.4 Å². The number of amides is 3. The van der Waals surface area contributed by atoms with Gasteiger partial charge in [-0.15, -0.1) is 5.06 Å². The van der Waals surface area contributed by atoms with Crippen LogP contribution in [0.5, 0.6) is 0 Å². The number of rotatable bonds is 14. The van der Waals surface area contributed by atoms with E-state index in [9.17, 15) is 19.2 Å². The van der Waals surface area contributed by atoms with Crippen LogP contribution in [0, 0.1) is 0 Å². The Morgan fingerprint density at radius 1 is 1.00 bits per heavy atom. The molecule has 1 heterocycles. The van der Waals surface area contributed by atoms with Gasteiger partial charge in [0.05, 0.1) is 29.9 Å². The molecule has 0 unspecified atom stereocenters. The van der Waals surface area contributed by atoms with Crippen LogP contribution in [0.4, 0.5) is 0 Å². The topological polar surface area (TPSA) is 133 Å². The van der Waals surface area contributed by atoms with Gasteiger partial charge in [0.2, 0.25) is 0 Å². The van der Waals surface area contributed by atoms with Gasteiger partial charge < -0.3 is 24.5 Å². The third kappa shape index (κ3) is 11.2. The van der Waals surface area contributed by atoms with Crippen LogP contribution in [0.1, 0.15) is 73.6 Å². The summed E-state index contributed by atoms with van der Waals surface area (Å²) in [6, 6.07) is 0. The summed E-state index contributed by atoms with van der Waals surface area (Å²) in [4.78, 5) is 56.3. The van der Waals surface area contributed by atoms with Crippen LogP contribution in [-0.2, 0) is 38.3 Å². The molecule has 1 fully saturated rings. The van der Waals surface area contributed by atoms with E-state index in [4.69, 9.17) is 19.1 Å². The lowest BCUT2D eigenvalue weighted by atomic mass is 10.0. The summed E-state index contributed by atoms with van der Waals surface area (Å²) in [5.41, 5.74) is -0.471. The van der Waals surface area contributed by atoms with E-state index >= 15 is 0 Å². The van der Waals surface area contributed by atoms with Crippen LogP contribution in [0.25, 0.3) is 0 Å². The minimum absolute atomic E-state index is 0.000340. The molecule has 1 saturated heterocycles. The summed E-state index contributed by atoms with van der Waals surface area (Å²) in [6.07, 6.45) is 1.01. The van der Waals surface area contributed by atoms with Crippen molar-refractivity contribution in [3.63, 3.8) is 0 Å². The highest BCUT2D eigenvalue weighted by molar-refractivity contribution is 6.01. The first-order chi connectivity index (χ1) is 14.8. The van der Waals surface area contributed by atoms with Crippen LogP contribution >= 0.6 is 0 Å². The summed E-state index contributed by atoms with van der Waals surface area (Å²) < 4.78 is 11.6. The van der Waals surface area contributed by atoms with Gasteiger partial charge in [-0.2, -0.15) is 0 Å². The number of nitrogens with zero attached hydrogens (tertiary/aromatic N) is 2. The lowest BCUT2D eigenvalue weighted by Gasteiger charge is -2.29. The lowest BCUT2D eigenvalue weighted by Crippen LogP contribution is -2.37. The van der Waals surface area contributed by atoms with Crippen molar-refractivity contribution < 1.29 is 38.3 Å². The molecule has 1 N–H and O–H groups in total. The van der Waals surface area contributed by atoms with E-state index in [1.165, 1.54) is 0 Å². The Bertz CT molecular complexity index is 698. The van der Waals surface area contributed by atoms with E-state index in [0.29, 0.717) is 30.2 Å². The molecule has 0 atom stereocenters. The first kappa shape index (κ1) is 27.5. The van der Waals surface area contributed by atoms with Crippen molar-refractivity contribution in [2.24, 2.45) is 5.16 Å². The molecule has 0 aromatic rings. The first-order valence-electron chi connectivity index (χ1n) is 10.6. The van der Waals surface area contributed by atoms with E-state index in [0.717, 1.165) is 0 Å². The maximum atomic E-state index is 11.9. The van der Waals surface area contributed by atoms with Crippen LogP contribution in [0.3, 0.4) is 0 Å². The monoisotopic (exact) mass is 457 g/mol. The molecule has 0 saturated carbocycles. The molecule has 11 nitrogen and oxygen atoms in total. The molecule has 0 aromatic carbocycles. The normalized spacial score (nSPS) is 14.4. The Balaban J connectivity index is 2.25. The maximum Gasteiger partial charge on any atom is 0.333 e. The van der Waals surface area contributed by atoms with E-state index in [2.05, 4.69) is 10.5 Å². The summed E-state index contributed by atoms with van der Waals surface area (Å²) in [7, 11) is 0. The average Bonchev–Trinajstić information content (AvgIpc) is 2.97. The predicted molar refractivity (Wildman–Crippen MR) is 114 cm³/mol. The van der Waals surface area contributed by atoms with Gasteiger partial charge in [0.15, 0.2) is 6.61 Å². The van der Waals surface area contributed by atoms with Gasteiger partial charge in [0.1, 0.15) is 6.73 Å². The Kier molecular flexibility index (Phi) is 10.7. The SMILES string of the molecule is CC(C)=NOCC(=O)NCOC(C)(C)CCOC(C)(C)CCC(=O)ON1C(=O)CCC1=O. The standard InChI is InChI=1S/C21H35N3O8/c1-15(2)23-31-13-16(25)22-14-30-21(5,6)11-12-29-20(3,4)10-9-19(28)32-24-17(26)7-8-18(24)27/h7-14H2,1-6H3,(H,22,25). The van der Waals surface area contributed by atoms with Crippen LogP contribution in [0.2, 0.25) is 0 Å². The highest BCUT2D eigenvalue weighted by atomic mass is 16.7. The number of imide groups is 1. The van der Waals surface area contributed by atoms with E-state index in [-0.39, 0.29) is 38.5 Å². The van der Waals surface area contributed by atoms with Crippen molar-refractivity contribution in [2.45, 2.75) is 84.8 Å². The average molecular weight is 458 g/mol. The van der Waals surface area contributed by atoms with E-state index < -0.39 is 29.0 Å². The zero-order valence-electron chi connectivity index (χ0n) is 19.8. The minimum atomic E-state index is -0.659. The Morgan fingerprint density at radius 3 is 2.19 bits per heavy atom. The minimum Gasteiger partial charge on any atom is -0.386 e. The third-order valence-corrected chi connectivity index (χ3v) is 4.50. The fourth-order valence-electron chi connectivity index (χ4n) is 2.51. The van der Waals surface area contributed by atoms with E-state index in [1.807, 2.05) is 27.7 Å². The zero-order chi connectivity index (χ0) is 24.4. The molecule has 0 spiro atoms. The fourth-order valence-corrected chi connectivity index (χ4v) is 2.51. The van der Waals surface area contributed by atoms with Crippen molar-refractivity contribution in [3.8, 4) is 0 Å². The largest absolute Gasteiger partial charge is 0.386 e. The van der Waals surface area contributed by atoms with Gasteiger partial charge in [0, 0.05) is 12.8 Å². The molecule has 0 bridgehead atoms. The number of hydrogen-bond acceptors (Lipinski definition) is 9. The molecule has 3 amide bonds. The molecule has 0 aliphatic carbocycles. The van der Waals surface area contributed by atoms with Gasteiger partial charge in [-0.1, -0.05) is 5.16 Å². The quantitative estimate of drug-likeness (QED) is 0.181. The lowest BCUT2D eigenvalue weighted by molar-refractivity contribution is -0.198. The molecular weight excluding hydrogens is 422 g/mol. The van der Waals surface area contributed by atoms with Gasteiger partial charge in [-0.25, -0.2) is 4.79 Å². The maximum absolute atomic E-state index is 11.9. The molecule has 11 heteroatoms. The fraction of sp³-hybridized carbons (Fsp3) is 0.762. The molecule has 182 valence electrons. The Hall–Kier alpha value is -2.53. The molecule has 1 rings (SSSR count). The summed E-state index contributed by atoms with van der Waals surface area (Å²) >= 11 is 0. The van der Waals surface area contributed by atoms with Crippen molar-refractivity contribution in [2.75, 3.05) is 19.9 Å². The third-order valence-electron chi connectivity index (χ3n) is 4.50. The summed E-state index contributed by atoms with van der Waals surface area (Å²) in [5, 5.41) is 6.81. The predicted octanol–water partition coefficient (Wildman–Crippen LogP) is 1.84. The molecule has 32 heavy (non-hydrogen) atoms. The number of hydroxylamine groups is 2. The number of carbonyl (C=O) groups excluding carboxylic acids is 4. The van der Waals surface area contributed by atoms with Gasteiger partial charge in [-0.3, -0.25) is 14.4 Å². The smallest absolute Gasteiger partial charge is 0.333 e. The second kappa shape index (κ2) is 12.5. The zero-order valence-corrected chi connectivity index (χ0v) is 19.8. The number of carbonyl (C=O) groups is 4. The molecule has 0 radical (unpaired) electrons. The number of oxime groups is 1. The molecule has 0 aromatic heterocycles. The Morgan fingerprint density at radius 2 is 1.59 bits per heavy atom. The van der Waals surface area contributed by atoms with Crippen molar-refractivity contribution >= 4 is 29.4 Å². The van der Waals surface area contributed by atoms with Crippen LogP contribution < -0.4 is 5.32 Å². The highest BCUT2D eigenvalue weighted by Gasteiger charge is 2.33. The number of nitrogens with one attached hydrogen (secondary N) is 1. The van der Waals surface area contributed by atoms with Gasteiger partial charge in [0.25, 0.3) is 17.7 Å².